The molecule has 1 amide bonds. The van der Waals surface area contributed by atoms with E-state index in [0.717, 1.165) is 30.5 Å². The highest BCUT2D eigenvalue weighted by molar-refractivity contribution is 5.97. The van der Waals surface area contributed by atoms with E-state index in [9.17, 15) is 4.79 Å². The van der Waals surface area contributed by atoms with Gasteiger partial charge in [-0.25, -0.2) is 0 Å². The lowest BCUT2D eigenvalue weighted by atomic mass is 10.1. The van der Waals surface area contributed by atoms with Gasteiger partial charge in [-0.05, 0) is 42.3 Å². The fourth-order valence-electron chi connectivity index (χ4n) is 2.40. The van der Waals surface area contributed by atoms with Crippen LogP contribution in [-0.2, 0) is 4.79 Å². The standard InChI is InChI=1S/C15H16N2O.ClH/c18-15(14-6-3-9-16-14)17-13-8-7-11-4-1-2-5-12(11)10-13;/h1-2,4-5,7-8,10,14,16H,3,6,9H2,(H,17,18);1H. The van der Waals surface area contributed by atoms with E-state index < -0.39 is 0 Å². The monoisotopic (exact) mass is 276 g/mol. The van der Waals surface area contributed by atoms with Crippen molar-refractivity contribution in [1.29, 1.82) is 0 Å². The van der Waals surface area contributed by atoms with Crippen molar-refractivity contribution in [2.45, 2.75) is 18.9 Å². The Morgan fingerprint density at radius 3 is 2.68 bits per heavy atom. The van der Waals surface area contributed by atoms with Crippen LogP contribution in [0.3, 0.4) is 0 Å². The summed E-state index contributed by atoms with van der Waals surface area (Å²) < 4.78 is 0. The molecule has 1 unspecified atom stereocenters. The summed E-state index contributed by atoms with van der Waals surface area (Å²) >= 11 is 0. The Balaban J connectivity index is 0.00000133. The van der Waals surface area contributed by atoms with Crippen LogP contribution >= 0.6 is 12.4 Å². The van der Waals surface area contributed by atoms with Gasteiger partial charge < -0.3 is 10.6 Å². The highest BCUT2D eigenvalue weighted by Gasteiger charge is 2.21. The van der Waals surface area contributed by atoms with Crippen LogP contribution in [0, 0.1) is 0 Å². The lowest BCUT2D eigenvalue weighted by Gasteiger charge is -2.11. The number of fused-ring (bicyclic) bond motifs is 1. The number of halogens is 1. The molecule has 4 heteroatoms. The molecule has 1 saturated heterocycles. The summed E-state index contributed by atoms with van der Waals surface area (Å²) in [6.45, 7) is 0.940. The largest absolute Gasteiger partial charge is 0.325 e. The Bertz CT molecular complexity index is 579. The molecule has 2 N–H and O–H groups in total. The molecule has 0 radical (unpaired) electrons. The highest BCUT2D eigenvalue weighted by Crippen LogP contribution is 2.19. The van der Waals surface area contributed by atoms with Gasteiger partial charge in [0.25, 0.3) is 0 Å². The van der Waals surface area contributed by atoms with Gasteiger partial charge in [0.15, 0.2) is 0 Å². The second-order valence-electron chi connectivity index (χ2n) is 4.70. The first kappa shape index (κ1) is 13.8. The van der Waals surface area contributed by atoms with Gasteiger partial charge in [0.2, 0.25) is 5.91 Å². The first-order valence-corrected chi connectivity index (χ1v) is 6.36. The predicted molar refractivity (Wildman–Crippen MR) is 80.9 cm³/mol. The van der Waals surface area contributed by atoms with Gasteiger partial charge in [-0.3, -0.25) is 4.79 Å². The van der Waals surface area contributed by atoms with Crippen LogP contribution in [0.5, 0.6) is 0 Å². The SMILES string of the molecule is Cl.O=C(Nc1ccc2ccccc2c1)C1CCCN1. The van der Waals surface area contributed by atoms with Gasteiger partial charge in [0.1, 0.15) is 0 Å². The van der Waals surface area contributed by atoms with Crippen molar-refractivity contribution in [1.82, 2.24) is 5.32 Å². The number of amides is 1. The van der Waals surface area contributed by atoms with Crippen molar-refractivity contribution >= 4 is 34.8 Å². The average molecular weight is 277 g/mol. The molecule has 0 saturated carbocycles. The van der Waals surface area contributed by atoms with Gasteiger partial charge >= 0.3 is 0 Å². The highest BCUT2D eigenvalue weighted by atomic mass is 35.5. The number of nitrogens with one attached hydrogen (secondary N) is 2. The normalized spacial score (nSPS) is 18.0. The molecule has 1 aliphatic rings. The van der Waals surface area contributed by atoms with E-state index in [-0.39, 0.29) is 24.4 Å². The van der Waals surface area contributed by atoms with Crippen molar-refractivity contribution in [2.75, 3.05) is 11.9 Å². The predicted octanol–water partition coefficient (Wildman–Crippen LogP) is 2.95. The molecule has 2 aromatic rings. The smallest absolute Gasteiger partial charge is 0.241 e. The Labute approximate surface area is 118 Å². The van der Waals surface area contributed by atoms with Crippen LogP contribution in [0.2, 0.25) is 0 Å². The zero-order valence-electron chi connectivity index (χ0n) is 10.6. The van der Waals surface area contributed by atoms with Crippen LogP contribution in [0.1, 0.15) is 12.8 Å². The number of hydrogen-bond donors (Lipinski definition) is 2. The van der Waals surface area contributed by atoms with Gasteiger partial charge in [0, 0.05) is 5.69 Å². The van der Waals surface area contributed by atoms with Gasteiger partial charge in [-0.2, -0.15) is 0 Å². The lowest BCUT2D eigenvalue weighted by Crippen LogP contribution is -2.35. The molecule has 0 aromatic heterocycles. The minimum absolute atomic E-state index is 0. The average Bonchev–Trinajstić information content (AvgIpc) is 2.92. The maximum Gasteiger partial charge on any atom is 0.241 e. The topological polar surface area (TPSA) is 41.1 Å². The number of anilines is 1. The number of carbonyl (C=O) groups excluding carboxylic acids is 1. The molecule has 1 aliphatic heterocycles. The van der Waals surface area contributed by atoms with E-state index in [1.165, 1.54) is 5.39 Å². The van der Waals surface area contributed by atoms with Crippen LogP contribution in [0.25, 0.3) is 10.8 Å². The zero-order valence-corrected chi connectivity index (χ0v) is 11.4. The number of benzene rings is 2. The molecule has 1 fully saturated rings. The number of rotatable bonds is 2. The molecule has 2 aromatic carbocycles. The third-order valence-corrected chi connectivity index (χ3v) is 3.39. The third-order valence-electron chi connectivity index (χ3n) is 3.39. The molecular weight excluding hydrogens is 260 g/mol. The molecule has 100 valence electrons. The molecule has 3 rings (SSSR count). The molecule has 1 heterocycles. The molecular formula is C15H17ClN2O. The summed E-state index contributed by atoms with van der Waals surface area (Å²) in [5.41, 5.74) is 0.868. The first-order chi connectivity index (χ1) is 8.83. The summed E-state index contributed by atoms with van der Waals surface area (Å²) in [6, 6.07) is 14.1. The van der Waals surface area contributed by atoms with Gasteiger partial charge in [0.05, 0.1) is 6.04 Å². The van der Waals surface area contributed by atoms with E-state index in [1.54, 1.807) is 0 Å². The number of carbonyl (C=O) groups is 1. The van der Waals surface area contributed by atoms with Crippen molar-refractivity contribution in [3.05, 3.63) is 42.5 Å². The molecule has 0 aliphatic carbocycles. The van der Waals surface area contributed by atoms with Crippen molar-refractivity contribution in [2.24, 2.45) is 0 Å². The summed E-state index contributed by atoms with van der Waals surface area (Å²) in [6.07, 6.45) is 2.01. The first-order valence-electron chi connectivity index (χ1n) is 6.36. The second kappa shape index (κ2) is 6.04. The van der Waals surface area contributed by atoms with Gasteiger partial charge in [-0.15, -0.1) is 12.4 Å². The number of hydrogen-bond acceptors (Lipinski definition) is 2. The zero-order chi connectivity index (χ0) is 12.4. The summed E-state index contributed by atoms with van der Waals surface area (Å²) in [5.74, 6) is 0.0720. The van der Waals surface area contributed by atoms with Crippen LogP contribution in [0.4, 0.5) is 5.69 Å². The Hall–Kier alpha value is -1.58. The fourth-order valence-corrected chi connectivity index (χ4v) is 2.40. The summed E-state index contributed by atoms with van der Waals surface area (Å²) in [4.78, 5) is 12.0. The Kier molecular flexibility index (Phi) is 4.40. The maximum atomic E-state index is 12.0. The fraction of sp³-hybridized carbons (Fsp3) is 0.267. The third kappa shape index (κ3) is 3.06. The van der Waals surface area contributed by atoms with Crippen LogP contribution in [0.15, 0.2) is 42.5 Å². The Morgan fingerprint density at radius 1 is 1.16 bits per heavy atom. The Morgan fingerprint density at radius 2 is 1.95 bits per heavy atom. The molecule has 3 nitrogen and oxygen atoms in total. The van der Waals surface area contributed by atoms with E-state index in [1.807, 2.05) is 30.3 Å². The minimum Gasteiger partial charge on any atom is -0.325 e. The van der Waals surface area contributed by atoms with Crippen LogP contribution < -0.4 is 10.6 Å². The quantitative estimate of drug-likeness (QED) is 0.885. The molecule has 0 bridgehead atoms. The maximum absolute atomic E-state index is 12.0. The summed E-state index contributed by atoms with van der Waals surface area (Å²) in [7, 11) is 0. The van der Waals surface area contributed by atoms with Crippen molar-refractivity contribution in [3.63, 3.8) is 0 Å². The minimum atomic E-state index is -0.0310. The molecule has 1 atom stereocenters. The lowest BCUT2D eigenvalue weighted by molar-refractivity contribution is -0.117. The van der Waals surface area contributed by atoms with Crippen molar-refractivity contribution in [3.8, 4) is 0 Å². The summed E-state index contributed by atoms with van der Waals surface area (Å²) in [5, 5.41) is 8.51. The molecule has 19 heavy (non-hydrogen) atoms. The van der Waals surface area contributed by atoms with E-state index >= 15 is 0 Å². The van der Waals surface area contributed by atoms with Gasteiger partial charge in [-0.1, -0.05) is 30.3 Å². The molecule has 0 spiro atoms. The van der Waals surface area contributed by atoms with Crippen molar-refractivity contribution < 1.29 is 4.79 Å². The van der Waals surface area contributed by atoms with E-state index in [4.69, 9.17) is 0 Å². The van der Waals surface area contributed by atoms with E-state index in [0.29, 0.717) is 0 Å². The van der Waals surface area contributed by atoms with Crippen LogP contribution in [-0.4, -0.2) is 18.5 Å². The second-order valence-corrected chi connectivity index (χ2v) is 4.70. The van der Waals surface area contributed by atoms with E-state index in [2.05, 4.69) is 22.8 Å².